The molecule has 3 heterocycles. The predicted octanol–water partition coefficient (Wildman–Crippen LogP) is 1.77. The maximum Gasteiger partial charge on any atom is 0.323 e. The van der Waals surface area contributed by atoms with E-state index in [1.165, 1.54) is 19.2 Å². The van der Waals surface area contributed by atoms with Gasteiger partial charge >= 0.3 is 5.97 Å². The number of aromatic nitrogens is 1. The van der Waals surface area contributed by atoms with Crippen LogP contribution in [0.25, 0.3) is 10.9 Å². The van der Waals surface area contributed by atoms with Crippen molar-refractivity contribution in [2.45, 2.75) is 37.5 Å². The number of ether oxygens (including phenoxy) is 2. The van der Waals surface area contributed by atoms with Crippen molar-refractivity contribution >= 4 is 16.9 Å². The van der Waals surface area contributed by atoms with Crippen LogP contribution in [-0.2, 0) is 9.53 Å². The Kier molecular flexibility index (Phi) is 3.66. The first-order valence-electron chi connectivity index (χ1n) is 8.20. The zero-order chi connectivity index (χ0) is 17.8. The summed E-state index contributed by atoms with van der Waals surface area (Å²) in [5.41, 5.74) is 1.11. The highest BCUT2D eigenvalue weighted by molar-refractivity contribution is 5.85. The van der Waals surface area contributed by atoms with Crippen LogP contribution in [0.3, 0.4) is 0 Å². The van der Waals surface area contributed by atoms with E-state index >= 15 is 0 Å². The highest BCUT2D eigenvalue weighted by Gasteiger charge is 2.49. The molecule has 2 aliphatic rings. The van der Waals surface area contributed by atoms with E-state index in [-0.39, 0.29) is 11.8 Å². The molecular weight excluding hydrogens is 327 g/mol. The van der Waals surface area contributed by atoms with Crippen LogP contribution >= 0.6 is 0 Å². The number of hydrogen-bond acceptors (Lipinski definition) is 6. The fourth-order valence-corrected chi connectivity index (χ4v) is 3.91. The van der Waals surface area contributed by atoms with Gasteiger partial charge in [0, 0.05) is 30.3 Å². The lowest BCUT2D eigenvalue weighted by molar-refractivity contribution is -0.143. The average molecular weight is 346 g/mol. The number of aliphatic hydroxyl groups is 1. The van der Waals surface area contributed by atoms with E-state index in [0.29, 0.717) is 47.3 Å². The summed E-state index contributed by atoms with van der Waals surface area (Å²) < 4.78 is 24.7. The highest BCUT2D eigenvalue weighted by Crippen LogP contribution is 2.47. The minimum absolute atomic E-state index is 0.315. The van der Waals surface area contributed by atoms with E-state index < -0.39 is 17.7 Å². The Balaban J connectivity index is 1.78. The Morgan fingerprint density at radius 2 is 2.28 bits per heavy atom. The summed E-state index contributed by atoms with van der Waals surface area (Å²) in [5.74, 6) is -0.263. The van der Waals surface area contributed by atoms with Crippen molar-refractivity contribution in [3.8, 4) is 5.75 Å². The summed E-state index contributed by atoms with van der Waals surface area (Å²) in [7, 11) is 1.34. The first-order valence-corrected chi connectivity index (χ1v) is 8.20. The van der Waals surface area contributed by atoms with Gasteiger partial charge in [0.1, 0.15) is 23.2 Å². The Morgan fingerprint density at radius 1 is 1.48 bits per heavy atom. The molecule has 4 rings (SSSR count). The van der Waals surface area contributed by atoms with Crippen LogP contribution in [0.15, 0.2) is 18.2 Å². The number of nitrogens with one attached hydrogen (secondary N) is 1. The monoisotopic (exact) mass is 346 g/mol. The topological polar surface area (TPSA) is 80.7 Å². The number of carbonyl (C=O) groups excluding carboxylic acids is 1. The van der Waals surface area contributed by atoms with Crippen LogP contribution in [0.2, 0.25) is 0 Å². The maximum atomic E-state index is 13.7. The third kappa shape index (κ3) is 2.54. The second-order valence-corrected chi connectivity index (χ2v) is 6.77. The zero-order valence-electron chi connectivity index (χ0n) is 14.0. The van der Waals surface area contributed by atoms with Crippen molar-refractivity contribution in [1.29, 1.82) is 0 Å². The number of hydrogen-bond donors (Lipinski definition) is 2. The van der Waals surface area contributed by atoms with E-state index in [0.717, 1.165) is 0 Å². The van der Waals surface area contributed by atoms with E-state index in [9.17, 15) is 14.3 Å². The number of esters is 1. The average Bonchev–Trinajstić information content (AvgIpc) is 2.98. The zero-order valence-corrected chi connectivity index (χ0v) is 14.0. The first kappa shape index (κ1) is 16.2. The first-order chi connectivity index (χ1) is 11.9. The van der Waals surface area contributed by atoms with Crippen LogP contribution in [0, 0.1) is 12.7 Å². The number of rotatable bonds is 1. The van der Waals surface area contributed by atoms with Crippen LogP contribution in [0.1, 0.15) is 30.2 Å². The minimum Gasteiger partial charge on any atom is -0.483 e. The van der Waals surface area contributed by atoms with Crippen LogP contribution in [-0.4, -0.2) is 41.4 Å². The summed E-state index contributed by atoms with van der Waals surface area (Å²) in [4.78, 5) is 16.3. The molecule has 7 heteroatoms. The number of fused-ring (bicyclic) bond motifs is 3. The summed E-state index contributed by atoms with van der Waals surface area (Å²) in [5, 5.41) is 14.5. The highest BCUT2D eigenvalue weighted by atomic mass is 19.1. The Hall–Kier alpha value is -2.25. The fraction of sp³-hybridized carbons (Fsp3) is 0.444. The van der Waals surface area contributed by atoms with Gasteiger partial charge in [-0.15, -0.1) is 0 Å². The van der Waals surface area contributed by atoms with Crippen molar-refractivity contribution in [1.82, 2.24) is 10.3 Å². The standard InChI is InChI=1S/C18H19FN2O4/c1-9-16-15(11-5-10(19)3-4-12(11)21-9)14(22)7-18(25-16)6-13(20-8-18)17(23)24-2/h3-5,13-14,20,22H,6-8H2,1-2H3/t13-,14?,18+/m0/s1. The molecule has 25 heavy (non-hydrogen) atoms. The predicted molar refractivity (Wildman–Crippen MR) is 87.8 cm³/mol. The molecule has 3 atom stereocenters. The van der Waals surface area contributed by atoms with Gasteiger partial charge in [-0.2, -0.15) is 0 Å². The molecule has 2 aliphatic heterocycles. The number of aliphatic hydroxyl groups excluding tert-OH is 1. The van der Waals surface area contributed by atoms with E-state index in [1.807, 2.05) is 0 Å². The van der Waals surface area contributed by atoms with E-state index in [2.05, 4.69) is 10.3 Å². The molecule has 0 aliphatic carbocycles. The number of halogens is 1. The second kappa shape index (κ2) is 5.64. The fourth-order valence-electron chi connectivity index (χ4n) is 3.91. The molecule has 1 fully saturated rings. The lowest BCUT2D eigenvalue weighted by Crippen LogP contribution is -2.43. The van der Waals surface area contributed by atoms with Gasteiger partial charge < -0.3 is 19.9 Å². The molecular formula is C18H19FN2O4. The van der Waals surface area contributed by atoms with Crippen molar-refractivity contribution in [2.24, 2.45) is 0 Å². The molecule has 1 spiro atoms. The summed E-state index contributed by atoms with van der Waals surface area (Å²) in [6.45, 7) is 2.22. The number of aryl methyl sites for hydroxylation is 1. The van der Waals surface area contributed by atoms with E-state index in [1.54, 1.807) is 13.0 Å². The molecule has 1 aromatic heterocycles. The van der Waals surface area contributed by atoms with Crippen LogP contribution in [0.4, 0.5) is 4.39 Å². The number of benzene rings is 1. The quantitative estimate of drug-likeness (QED) is 0.766. The van der Waals surface area contributed by atoms with Gasteiger partial charge in [-0.05, 0) is 25.1 Å². The van der Waals surface area contributed by atoms with Crippen molar-refractivity contribution in [3.05, 3.63) is 35.3 Å². The molecule has 0 amide bonds. The molecule has 0 bridgehead atoms. The lowest BCUT2D eigenvalue weighted by Gasteiger charge is -2.38. The van der Waals surface area contributed by atoms with Crippen molar-refractivity contribution in [3.63, 3.8) is 0 Å². The van der Waals surface area contributed by atoms with Crippen LogP contribution < -0.4 is 10.1 Å². The molecule has 1 aromatic carbocycles. The van der Waals surface area contributed by atoms with Crippen molar-refractivity contribution < 1.29 is 23.8 Å². The molecule has 0 radical (unpaired) electrons. The van der Waals surface area contributed by atoms with Gasteiger partial charge in [-0.3, -0.25) is 4.79 Å². The maximum absolute atomic E-state index is 13.7. The molecule has 2 aromatic rings. The van der Waals surface area contributed by atoms with Gasteiger partial charge in [-0.1, -0.05) is 0 Å². The van der Waals surface area contributed by atoms with Gasteiger partial charge in [0.25, 0.3) is 0 Å². The van der Waals surface area contributed by atoms with Gasteiger partial charge in [0.15, 0.2) is 0 Å². The van der Waals surface area contributed by atoms with Gasteiger partial charge in [0.05, 0.1) is 24.4 Å². The molecule has 2 N–H and O–H groups in total. The Bertz CT molecular complexity index is 872. The molecule has 1 unspecified atom stereocenters. The molecule has 1 saturated heterocycles. The number of carbonyl (C=O) groups is 1. The molecule has 0 saturated carbocycles. The second-order valence-electron chi connectivity index (χ2n) is 6.77. The SMILES string of the molecule is COC(=O)[C@@H]1C[C@]2(CN1)CC(O)c1c(c(C)nc3ccc(F)cc13)O2. The number of methoxy groups -OCH3 is 1. The van der Waals surface area contributed by atoms with Crippen molar-refractivity contribution in [2.75, 3.05) is 13.7 Å². The van der Waals surface area contributed by atoms with Crippen LogP contribution in [0.5, 0.6) is 5.75 Å². The number of nitrogens with zero attached hydrogens (tertiary/aromatic N) is 1. The lowest BCUT2D eigenvalue weighted by atomic mass is 9.85. The van der Waals surface area contributed by atoms with Gasteiger partial charge in [0.2, 0.25) is 0 Å². The minimum atomic E-state index is -0.826. The molecule has 6 nitrogen and oxygen atoms in total. The number of pyridine rings is 1. The summed E-state index contributed by atoms with van der Waals surface area (Å²) in [6.07, 6.45) is -0.111. The van der Waals surface area contributed by atoms with E-state index in [4.69, 9.17) is 9.47 Å². The third-order valence-electron chi connectivity index (χ3n) is 5.06. The Labute approximate surface area is 144 Å². The smallest absolute Gasteiger partial charge is 0.323 e. The third-order valence-corrected chi connectivity index (χ3v) is 5.06. The summed E-state index contributed by atoms with van der Waals surface area (Å²) >= 11 is 0. The Morgan fingerprint density at radius 3 is 3.04 bits per heavy atom. The summed E-state index contributed by atoms with van der Waals surface area (Å²) in [6, 6.07) is 3.85. The normalized spacial score (nSPS) is 28.0. The molecule has 132 valence electrons. The largest absolute Gasteiger partial charge is 0.483 e. The van der Waals surface area contributed by atoms with Gasteiger partial charge in [-0.25, -0.2) is 9.37 Å².